The minimum absolute atomic E-state index is 0.108. The van der Waals surface area contributed by atoms with Crippen molar-refractivity contribution in [3.05, 3.63) is 18.2 Å². The summed E-state index contributed by atoms with van der Waals surface area (Å²) in [6, 6.07) is 0.217. The topological polar surface area (TPSA) is 67.6 Å². The Morgan fingerprint density at radius 3 is 2.64 bits per heavy atom. The monoisotopic (exact) mass is 305 g/mol. The lowest BCUT2D eigenvalue weighted by molar-refractivity contribution is -0.152. The zero-order chi connectivity index (χ0) is 15.3. The molecule has 0 saturated carbocycles. The van der Waals surface area contributed by atoms with Gasteiger partial charge in [-0.15, -0.1) is 0 Å². The van der Waals surface area contributed by atoms with Gasteiger partial charge in [0.25, 0.3) is 5.91 Å². The van der Waals surface area contributed by atoms with E-state index in [1.54, 1.807) is 6.20 Å². The van der Waals surface area contributed by atoms with Gasteiger partial charge in [0.2, 0.25) is 0 Å². The maximum Gasteiger partial charge on any atom is 0.252 e. The number of imidazole rings is 1. The van der Waals surface area contributed by atoms with Gasteiger partial charge < -0.3 is 19.3 Å². The molecule has 3 aliphatic heterocycles. The van der Waals surface area contributed by atoms with Crippen LogP contribution in [-0.2, 0) is 22.2 Å². The van der Waals surface area contributed by atoms with Crippen molar-refractivity contribution in [3.8, 4) is 0 Å². The van der Waals surface area contributed by atoms with E-state index in [2.05, 4.69) is 4.98 Å². The number of rotatable bonds is 2. The number of carbonyl (C=O) groups excluding carboxylic acids is 1. The van der Waals surface area contributed by atoms with E-state index in [-0.39, 0.29) is 24.1 Å². The lowest BCUT2D eigenvalue weighted by atomic mass is 9.85. The Hall–Kier alpha value is -1.40. The van der Waals surface area contributed by atoms with Gasteiger partial charge in [-0.05, 0) is 25.7 Å². The molecular weight excluding hydrogens is 282 g/mol. The fourth-order valence-corrected chi connectivity index (χ4v) is 4.52. The Morgan fingerprint density at radius 1 is 1.36 bits per heavy atom. The summed E-state index contributed by atoms with van der Waals surface area (Å²) in [5, 5.41) is 11.1. The molecule has 1 aromatic rings. The fraction of sp³-hybridized carbons (Fsp3) is 0.750. The van der Waals surface area contributed by atoms with Crippen LogP contribution in [0.25, 0.3) is 0 Å². The van der Waals surface area contributed by atoms with Gasteiger partial charge in [-0.25, -0.2) is 4.98 Å². The molecule has 2 bridgehead atoms. The van der Waals surface area contributed by atoms with Gasteiger partial charge in [0.05, 0.1) is 0 Å². The highest BCUT2D eigenvalue weighted by molar-refractivity contribution is 5.82. The minimum Gasteiger partial charge on any atom is -0.382 e. The molecule has 6 heteroatoms. The zero-order valence-electron chi connectivity index (χ0n) is 12.9. The summed E-state index contributed by atoms with van der Waals surface area (Å²) in [4.78, 5) is 19.1. The van der Waals surface area contributed by atoms with Crippen LogP contribution in [0, 0.1) is 0 Å². The molecule has 1 aromatic heterocycles. The van der Waals surface area contributed by atoms with Crippen LogP contribution in [0.2, 0.25) is 0 Å². The molecule has 0 spiro atoms. The van der Waals surface area contributed by atoms with E-state index in [0.29, 0.717) is 25.3 Å². The number of aliphatic hydroxyl groups is 1. The standard InChI is InChI=1S/C16H23N3O3/c1-18-7-6-17-15(18)16(21)9-11-4-5-12(10-16)19(11)14(20)13-3-2-8-22-13/h6-7,11-13,21H,2-5,8-10H2,1H3/t11-,12+,13-,16?/m1/s1. The van der Waals surface area contributed by atoms with Gasteiger partial charge in [0.15, 0.2) is 0 Å². The van der Waals surface area contributed by atoms with Gasteiger partial charge in [-0.2, -0.15) is 0 Å². The summed E-state index contributed by atoms with van der Waals surface area (Å²) < 4.78 is 7.45. The van der Waals surface area contributed by atoms with Crippen LogP contribution >= 0.6 is 0 Å². The fourth-order valence-electron chi connectivity index (χ4n) is 4.52. The summed E-state index contributed by atoms with van der Waals surface area (Å²) in [6.45, 7) is 0.691. The van der Waals surface area contributed by atoms with Crippen molar-refractivity contribution in [1.29, 1.82) is 0 Å². The molecule has 120 valence electrons. The van der Waals surface area contributed by atoms with Crippen molar-refractivity contribution in [2.24, 2.45) is 7.05 Å². The van der Waals surface area contributed by atoms with Crippen LogP contribution in [-0.4, -0.2) is 50.3 Å². The van der Waals surface area contributed by atoms with Crippen molar-refractivity contribution in [1.82, 2.24) is 14.5 Å². The van der Waals surface area contributed by atoms with Crippen LogP contribution in [0.4, 0.5) is 0 Å². The Morgan fingerprint density at radius 2 is 2.09 bits per heavy atom. The quantitative estimate of drug-likeness (QED) is 0.883. The van der Waals surface area contributed by atoms with Crippen LogP contribution in [0.3, 0.4) is 0 Å². The molecule has 3 aliphatic rings. The lowest BCUT2D eigenvalue weighted by Gasteiger charge is -2.44. The molecule has 3 saturated heterocycles. The summed E-state index contributed by atoms with van der Waals surface area (Å²) >= 11 is 0. The highest BCUT2D eigenvalue weighted by Crippen LogP contribution is 2.45. The van der Waals surface area contributed by atoms with Crippen LogP contribution in [0.5, 0.6) is 0 Å². The van der Waals surface area contributed by atoms with Crippen molar-refractivity contribution in [2.45, 2.75) is 62.3 Å². The Bertz CT molecular complexity index is 565. The van der Waals surface area contributed by atoms with Crippen molar-refractivity contribution in [3.63, 3.8) is 0 Å². The number of fused-ring (bicyclic) bond motifs is 2. The first-order valence-corrected chi connectivity index (χ1v) is 8.22. The van der Waals surface area contributed by atoms with E-state index < -0.39 is 5.60 Å². The van der Waals surface area contributed by atoms with Crippen molar-refractivity contribution >= 4 is 5.91 Å². The van der Waals surface area contributed by atoms with E-state index in [9.17, 15) is 9.90 Å². The Balaban J connectivity index is 1.57. The van der Waals surface area contributed by atoms with Gasteiger partial charge >= 0.3 is 0 Å². The second-order valence-corrected chi connectivity index (χ2v) is 6.93. The molecule has 0 radical (unpaired) electrons. The summed E-state index contributed by atoms with van der Waals surface area (Å²) in [5.41, 5.74) is -0.919. The highest BCUT2D eigenvalue weighted by Gasteiger charge is 2.52. The van der Waals surface area contributed by atoms with Crippen molar-refractivity contribution in [2.75, 3.05) is 6.61 Å². The number of aromatic nitrogens is 2. The maximum atomic E-state index is 12.7. The lowest BCUT2D eigenvalue weighted by Crippen LogP contribution is -2.55. The molecule has 1 unspecified atom stereocenters. The number of hydrogen-bond donors (Lipinski definition) is 1. The number of aryl methyl sites for hydroxylation is 1. The van der Waals surface area contributed by atoms with E-state index in [0.717, 1.165) is 25.7 Å². The van der Waals surface area contributed by atoms with Gasteiger partial charge in [0, 0.05) is 51.0 Å². The first-order valence-electron chi connectivity index (χ1n) is 8.22. The molecule has 0 aliphatic carbocycles. The van der Waals surface area contributed by atoms with E-state index >= 15 is 0 Å². The third-order valence-electron chi connectivity index (χ3n) is 5.46. The predicted octanol–water partition coefficient (Wildman–Crippen LogP) is 0.940. The molecule has 22 heavy (non-hydrogen) atoms. The highest BCUT2D eigenvalue weighted by atomic mass is 16.5. The zero-order valence-corrected chi connectivity index (χ0v) is 12.9. The molecule has 1 amide bonds. The van der Waals surface area contributed by atoms with Crippen LogP contribution in [0.15, 0.2) is 12.4 Å². The molecule has 3 fully saturated rings. The second kappa shape index (κ2) is 5.06. The average molecular weight is 305 g/mol. The normalized spacial score (nSPS) is 37.7. The molecule has 0 aromatic carbocycles. The van der Waals surface area contributed by atoms with E-state index in [4.69, 9.17) is 4.74 Å². The summed E-state index contributed by atoms with van der Waals surface area (Å²) in [7, 11) is 1.91. The van der Waals surface area contributed by atoms with Crippen molar-refractivity contribution < 1.29 is 14.6 Å². The second-order valence-electron chi connectivity index (χ2n) is 6.93. The molecular formula is C16H23N3O3. The predicted molar refractivity (Wildman–Crippen MR) is 79.0 cm³/mol. The molecule has 4 heterocycles. The van der Waals surface area contributed by atoms with E-state index in [1.165, 1.54) is 0 Å². The van der Waals surface area contributed by atoms with Gasteiger partial charge in [-0.3, -0.25) is 4.79 Å². The maximum absolute atomic E-state index is 12.7. The molecule has 1 N–H and O–H groups in total. The van der Waals surface area contributed by atoms with Gasteiger partial charge in [0.1, 0.15) is 17.5 Å². The number of hydrogen-bond acceptors (Lipinski definition) is 4. The number of amides is 1. The molecule has 4 atom stereocenters. The third kappa shape index (κ3) is 2.08. The number of piperidine rings is 1. The summed E-state index contributed by atoms with van der Waals surface area (Å²) in [5.74, 6) is 0.848. The average Bonchev–Trinajstić information content (AvgIpc) is 3.19. The largest absolute Gasteiger partial charge is 0.382 e. The summed E-state index contributed by atoms with van der Waals surface area (Å²) in [6.07, 6.45) is 8.21. The Labute approximate surface area is 130 Å². The molecule has 6 nitrogen and oxygen atoms in total. The third-order valence-corrected chi connectivity index (χ3v) is 5.46. The molecule has 4 rings (SSSR count). The number of carbonyl (C=O) groups is 1. The minimum atomic E-state index is -0.919. The van der Waals surface area contributed by atoms with E-state index in [1.807, 2.05) is 22.7 Å². The first kappa shape index (κ1) is 14.2. The Kier molecular flexibility index (Phi) is 3.27. The number of nitrogens with zero attached hydrogens (tertiary/aromatic N) is 3. The SMILES string of the molecule is Cn1ccnc1C1(O)C[C@H]2CC[C@@H](C1)N2C(=O)[C@H]1CCCO1. The smallest absolute Gasteiger partial charge is 0.252 e. The van der Waals surface area contributed by atoms with Crippen LogP contribution in [0.1, 0.15) is 44.3 Å². The van der Waals surface area contributed by atoms with Crippen LogP contribution < -0.4 is 0 Å². The number of ether oxygens (including phenoxy) is 1. The first-order chi connectivity index (χ1) is 10.6. The van der Waals surface area contributed by atoms with Gasteiger partial charge in [-0.1, -0.05) is 0 Å².